The van der Waals surface area contributed by atoms with Crippen molar-refractivity contribution in [3.8, 4) is 0 Å². The zero-order chi connectivity index (χ0) is 12.0. The Morgan fingerprint density at radius 3 is 2.88 bits per heavy atom. The van der Waals surface area contributed by atoms with E-state index in [1.165, 1.54) is 0 Å². The molecular weight excluding hydrogens is 286 g/mol. The molecule has 1 saturated heterocycles. The van der Waals surface area contributed by atoms with Crippen molar-refractivity contribution in [1.82, 2.24) is 5.32 Å². The standard InChI is InChI=1S/C12H10BrNO3/c13-8-3-4-9-7(6-8)2-1-5-12(9)10(15)14-11(16)17-12/h3-4,6H,1-2,5H2,(H,14,15,16). The Kier molecular flexibility index (Phi) is 2.26. The van der Waals surface area contributed by atoms with Crippen LogP contribution >= 0.6 is 15.9 Å². The highest BCUT2D eigenvalue weighted by molar-refractivity contribution is 9.10. The van der Waals surface area contributed by atoms with E-state index in [0.29, 0.717) is 6.42 Å². The van der Waals surface area contributed by atoms with Crippen LogP contribution in [-0.4, -0.2) is 12.0 Å². The minimum atomic E-state index is -1.09. The highest BCUT2D eigenvalue weighted by Gasteiger charge is 2.52. The molecule has 88 valence electrons. The lowest BCUT2D eigenvalue weighted by Gasteiger charge is -2.31. The van der Waals surface area contributed by atoms with Crippen LogP contribution in [0.25, 0.3) is 0 Å². The number of hydrogen-bond donors (Lipinski definition) is 1. The maximum absolute atomic E-state index is 11.9. The number of nitrogens with one attached hydrogen (secondary N) is 1. The topological polar surface area (TPSA) is 55.4 Å². The summed E-state index contributed by atoms with van der Waals surface area (Å²) in [6, 6.07) is 5.71. The maximum Gasteiger partial charge on any atom is 0.415 e. The minimum absolute atomic E-state index is 0.342. The van der Waals surface area contributed by atoms with Crippen molar-refractivity contribution in [2.75, 3.05) is 0 Å². The molecule has 1 aliphatic heterocycles. The summed E-state index contributed by atoms with van der Waals surface area (Å²) in [5.74, 6) is -0.342. The van der Waals surface area contributed by atoms with Crippen LogP contribution in [0.3, 0.4) is 0 Å². The van der Waals surface area contributed by atoms with Gasteiger partial charge in [-0.05, 0) is 30.5 Å². The molecular formula is C12H10BrNO3. The van der Waals surface area contributed by atoms with Crippen molar-refractivity contribution in [3.63, 3.8) is 0 Å². The van der Waals surface area contributed by atoms with E-state index < -0.39 is 11.7 Å². The second-order valence-electron chi connectivity index (χ2n) is 4.33. The van der Waals surface area contributed by atoms with E-state index >= 15 is 0 Å². The van der Waals surface area contributed by atoms with Crippen molar-refractivity contribution >= 4 is 27.9 Å². The van der Waals surface area contributed by atoms with E-state index in [4.69, 9.17) is 4.74 Å². The Morgan fingerprint density at radius 1 is 1.35 bits per heavy atom. The number of alkyl carbamates (subject to hydrolysis) is 1. The molecule has 0 bridgehead atoms. The molecule has 1 N–H and O–H groups in total. The normalized spacial score (nSPS) is 26.6. The summed E-state index contributed by atoms with van der Waals surface area (Å²) in [6.45, 7) is 0. The Morgan fingerprint density at radius 2 is 2.18 bits per heavy atom. The van der Waals surface area contributed by atoms with Gasteiger partial charge in [0.05, 0.1) is 0 Å². The Labute approximate surface area is 106 Å². The lowest BCUT2D eigenvalue weighted by molar-refractivity contribution is -0.133. The molecule has 1 heterocycles. The van der Waals surface area contributed by atoms with Gasteiger partial charge in [0, 0.05) is 16.5 Å². The van der Waals surface area contributed by atoms with Gasteiger partial charge in [0.25, 0.3) is 5.91 Å². The molecule has 1 aromatic rings. The molecule has 1 unspecified atom stereocenters. The first kappa shape index (κ1) is 10.8. The summed E-state index contributed by atoms with van der Waals surface area (Å²) >= 11 is 3.41. The van der Waals surface area contributed by atoms with Crippen LogP contribution in [0, 0.1) is 0 Å². The van der Waals surface area contributed by atoms with Crippen LogP contribution in [0.15, 0.2) is 22.7 Å². The van der Waals surface area contributed by atoms with E-state index in [0.717, 1.165) is 28.4 Å². The first-order valence-electron chi connectivity index (χ1n) is 5.45. The van der Waals surface area contributed by atoms with Gasteiger partial charge in [-0.2, -0.15) is 0 Å². The average molecular weight is 296 g/mol. The van der Waals surface area contributed by atoms with Gasteiger partial charge in [0.15, 0.2) is 0 Å². The SMILES string of the molecule is O=C1NC(=O)C2(CCCc3cc(Br)ccc32)O1. The summed E-state index contributed by atoms with van der Waals surface area (Å²) in [7, 11) is 0. The maximum atomic E-state index is 11.9. The minimum Gasteiger partial charge on any atom is -0.427 e. The van der Waals surface area contributed by atoms with Crippen LogP contribution in [-0.2, 0) is 21.6 Å². The molecule has 3 rings (SSSR count). The predicted octanol–water partition coefficient (Wildman–Crippen LogP) is 2.25. The molecule has 1 aromatic carbocycles. The van der Waals surface area contributed by atoms with Crippen LogP contribution in [0.1, 0.15) is 24.0 Å². The summed E-state index contributed by atoms with van der Waals surface area (Å²) < 4.78 is 6.22. The third kappa shape index (κ3) is 1.49. The summed E-state index contributed by atoms with van der Waals surface area (Å²) in [4.78, 5) is 23.2. The second kappa shape index (κ2) is 3.57. The van der Waals surface area contributed by atoms with Crippen molar-refractivity contribution < 1.29 is 14.3 Å². The lowest BCUT2D eigenvalue weighted by atomic mass is 9.79. The largest absolute Gasteiger partial charge is 0.427 e. The number of halogens is 1. The monoisotopic (exact) mass is 295 g/mol. The molecule has 0 saturated carbocycles. The van der Waals surface area contributed by atoms with Gasteiger partial charge in [-0.1, -0.05) is 22.0 Å². The number of amides is 2. The van der Waals surface area contributed by atoms with Crippen LogP contribution in [0.4, 0.5) is 4.79 Å². The lowest BCUT2D eigenvalue weighted by Crippen LogP contribution is -2.39. The fourth-order valence-electron chi connectivity index (χ4n) is 2.59. The molecule has 4 nitrogen and oxygen atoms in total. The Bertz CT molecular complexity index is 528. The summed E-state index contributed by atoms with van der Waals surface area (Å²) in [5, 5.41) is 2.22. The van der Waals surface area contributed by atoms with Gasteiger partial charge in [-0.25, -0.2) is 4.79 Å². The predicted molar refractivity (Wildman–Crippen MR) is 63.4 cm³/mol. The zero-order valence-electron chi connectivity index (χ0n) is 8.96. The second-order valence-corrected chi connectivity index (χ2v) is 5.24. The number of benzene rings is 1. The van der Waals surface area contributed by atoms with Crippen LogP contribution in [0.5, 0.6) is 0 Å². The number of ether oxygens (including phenoxy) is 1. The Balaban J connectivity index is 2.17. The molecule has 1 spiro atoms. The fourth-order valence-corrected chi connectivity index (χ4v) is 3.00. The number of carbonyl (C=O) groups excluding carboxylic acids is 2. The molecule has 1 atom stereocenters. The summed E-state index contributed by atoms with van der Waals surface area (Å²) in [5.41, 5.74) is 0.788. The number of rotatable bonds is 0. The van der Waals surface area contributed by atoms with Gasteiger partial charge in [-0.15, -0.1) is 0 Å². The van der Waals surface area contributed by atoms with E-state index in [-0.39, 0.29) is 5.91 Å². The number of hydrogen-bond acceptors (Lipinski definition) is 3. The first-order chi connectivity index (χ1) is 8.12. The number of carbonyl (C=O) groups is 2. The Hall–Kier alpha value is -1.36. The van der Waals surface area contributed by atoms with Crippen LogP contribution in [0.2, 0.25) is 0 Å². The van der Waals surface area contributed by atoms with Crippen LogP contribution < -0.4 is 5.32 Å². The quantitative estimate of drug-likeness (QED) is 0.799. The number of imide groups is 1. The third-order valence-electron chi connectivity index (χ3n) is 3.33. The highest BCUT2D eigenvalue weighted by Crippen LogP contribution is 2.41. The van der Waals surface area contributed by atoms with Crippen molar-refractivity contribution in [3.05, 3.63) is 33.8 Å². The zero-order valence-corrected chi connectivity index (χ0v) is 10.5. The van der Waals surface area contributed by atoms with E-state index in [1.54, 1.807) is 0 Å². The first-order valence-corrected chi connectivity index (χ1v) is 6.24. The molecule has 2 aliphatic rings. The molecule has 1 fully saturated rings. The van der Waals surface area contributed by atoms with Gasteiger partial charge in [-0.3, -0.25) is 10.1 Å². The van der Waals surface area contributed by atoms with E-state index in [1.807, 2.05) is 18.2 Å². The van der Waals surface area contributed by atoms with Gasteiger partial charge >= 0.3 is 6.09 Å². The molecule has 1 aliphatic carbocycles. The number of aryl methyl sites for hydroxylation is 1. The van der Waals surface area contributed by atoms with Gasteiger partial charge in [0.1, 0.15) is 0 Å². The van der Waals surface area contributed by atoms with Crippen molar-refractivity contribution in [1.29, 1.82) is 0 Å². The molecule has 0 aromatic heterocycles. The van der Waals surface area contributed by atoms with E-state index in [9.17, 15) is 9.59 Å². The molecule has 5 heteroatoms. The third-order valence-corrected chi connectivity index (χ3v) is 3.82. The summed E-state index contributed by atoms with van der Waals surface area (Å²) in [6.07, 6.45) is 1.65. The van der Waals surface area contributed by atoms with Crippen molar-refractivity contribution in [2.45, 2.75) is 24.9 Å². The molecule has 17 heavy (non-hydrogen) atoms. The molecule has 0 radical (unpaired) electrons. The fraction of sp³-hybridized carbons (Fsp3) is 0.333. The molecule has 2 amide bonds. The smallest absolute Gasteiger partial charge is 0.415 e. The number of fused-ring (bicyclic) bond motifs is 2. The van der Waals surface area contributed by atoms with Gasteiger partial charge < -0.3 is 4.74 Å². The average Bonchev–Trinajstić information content (AvgIpc) is 2.54. The van der Waals surface area contributed by atoms with Gasteiger partial charge in [0.2, 0.25) is 5.60 Å². The highest BCUT2D eigenvalue weighted by atomic mass is 79.9. The van der Waals surface area contributed by atoms with E-state index in [2.05, 4.69) is 21.2 Å². The van der Waals surface area contributed by atoms with Crippen molar-refractivity contribution in [2.24, 2.45) is 0 Å².